The first-order chi connectivity index (χ1) is 8.90. The summed E-state index contributed by atoms with van der Waals surface area (Å²) in [6, 6.07) is 3.33. The van der Waals surface area contributed by atoms with Crippen LogP contribution in [0.4, 0.5) is 11.4 Å². The molecule has 0 N–H and O–H groups in total. The van der Waals surface area contributed by atoms with Crippen molar-refractivity contribution in [2.45, 2.75) is 6.92 Å². The van der Waals surface area contributed by atoms with Crippen LogP contribution < -0.4 is 0 Å². The second-order valence-corrected chi connectivity index (χ2v) is 4.10. The predicted octanol–water partition coefficient (Wildman–Crippen LogP) is 2.65. The minimum atomic E-state index is -0.701. The summed E-state index contributed by atoms with van der Waals surface area (Å²) < 4.78 is 1.22. The standard InChI is InChI=1S/C10H7ClN4O4/c1-6-8(11)5-13(12-6)9-3-2-7(14(16)17)4-10(9)15(18)19/h2-5H,1H3. The lowest BCUT2D eigenvalue weighted by Gasteiger charge is -2.02. The van der Waals surface area contributed by atoms with Crippen LogP contribution in [0.1, 0.15) is 5.69 Å². The van der Waals surface area contributed by atoms with Gasteiger partial charge in [-0.05, 0) is 13.0 Å². The highest BCUT2D eigenvalue weighted by atomic mass is 35.5. The van der Waals surface area contributed by atoms with Crippen molar-refractivity contribution in [2.75, 3.05) is 0 Å². The Morgan fingerprint density at radius 2 is 1.95 bits per heavy atom. The van der Waals surface area contributed by atoms with Gasteiger partial charge in [0.1, 0.15) is 5.69 Å². The van der Waals surface area contributed by atoms with Gasteiger partial charge in [0.15, 0.2) is 0 Å². The molecule has 8 nitrogen and oxygen atoms in total. The number of nitrogens with zero attached hydrogens (tertiary/aromatic N) is 4. The summed E-state index contributed by atoms with van der Waals surface area (Å²) in [4.78, 5) is 20.2. The zero-order chi connectivity index (χ0) is 14.2. The topological polar surface area (TPSA) is 104 Å². The Morgan fingerprint density at radius 1 is 1.26 bits per heavy atom. The molecule has 0 aliphatic carbocycles. The number of rotatable bonds is 3. The van der Waals surface area contributed by atoms with Crippen LogP contribution >= 0.6 is 11.6 Å². The number of hydrogen-bond acceptors (Lipinski definition) is 5. The second kappa shape index (κ2) is 4.65. The maximum Gasteiger partial charge on any atom is 0.301 e. The van der Waals surface area contributed by atoms with Gasteiger partial charge in [-0.1, -0.05) is 11.6 Å². The third-order valence-corrected chi connectivity index (χ3v) is 2.82. The normalized spacial score (nSPS) is 10.4. The molecular formula is C10H7ClN4O4. The molecule has 98 valence electrons. The Balaban J connectivity index is 2.63. The average Bonchev–Trinajstić information content (AvgIpc) is 2.68. The van der Waals surface area contributed by atoms with Crippen molar-refractivity contribution < 1.29 is 9.85 Å². The summed E-state index contributed by atoms with van der Waals surface area (Å²) in [5, 5.41) is 26.0. The summed E-state index contributed by atoms with van der Waals surface area (Å²) in [5.74, 6) is 0. The van der Waals surface area contributed by atoms with E-state index in [0.717, 1.165) is 6.07 Å². The van der Waals surface area contributed by atoms with Gasteiger partial charge in [0.2, 0.25) is 0 Å². The van der Waals surface area contributed by atoms with Gasteiger partial charge < -0.3 is 0 Å². The molecular weight excluding hydrogens is 276 g/mol. The molecule has 0 aliphatic rings. The van der Waals surface area contributed by atoms with Crippen molar-refractivity contribution in [3.8, 4) is 5.69 Å². The molecule has 19 heavy (non-hydrogen) atoms. The van der Waals surface area contributed by atoms with Crippen LogP contribution in [-0.4, -0.2) is 19.6 Å². The lowest BCUT2D eigenvalue weighted by atomic mass is 10.2. The number of halogens is 1. The Hall–Kier alpha value is -2.48. The molecule has 0 saturated heterocycles. The zero-order valence-corrected chi connectivity index (χ0v) is 10.4. The molecule has 0 bridgehead atoms. The number of hydrogen-bond donors (Lipinski definition) is 0. The Kier molecular flexibility index (Phi) is 3.17. The van der Waals surface area contributed by atoms with E-state index in [1.807, 2.05) is 0 Å². The fourth-order valence-corrected chi connectivity index (χ4v) is 1.66. The Bertz CT molecular complexity index is 663. The first-order valence-corrected chi connectivity index (χ1v) is 5.43. The molecule has 0 spiro atoms. The molecule has 0 fully saturated rings. The van der Waals surface area contributed by atoms with Gasteiger partial charge in [-0.15, -0.1) is 0 Å². The van der Waals surface area contributed by atoms with E-state index in [2.05, 4.69) is 5.10 Å². The summed E-state index contributed by atoms with van der Waals surface area (Å²) in [6.07, 6.45) is 1.41. The highest BCUT2D eigenvalue weighted by Crippen LogP contribution is 2.28. The maximum atomic E-state index is 11.0. The van der Waals surface area contributed by atoms with E-state index in [4.69, 9.17) is 11.6 Å². The highest BCUT2D eigenvalue weighted by molar-refractivity contribution is 6.31. The molecule has 1 aromatic heterocycles. The summed E-state index contributed by atoms with van der Waals surface area (Å²) in [5.41, 5.74) is -0.140. The van der Waals surface area contributed by atoms with Crippen molar-refractivity contribution in [1.29, 1.82) is 0 Å². The van der Waals surface area contributed by atoms with Crippen LogP contribution in [0.25, 0.3) is 5.69 Å². The Morgan fingerprint density at radius 3 is 2.42 bits per heavy atom. The fraction of sp³-hybridized carbons (Fsp3) is 0.100. The monoisotopic (exact) mass is 282 g/mol. The molecule has 0 aliphatic heterocycles. The Labute approximate surface area is 111 Å². The van der Waals surface area contributed by atoms with Crippen molar-refractivity contribution in [3.05, 3.63) is 55.3 Å². The highest BCUT2D eigenvalue weighted by Gasteiger charge is 2.21. The van der Waals surface area contributed by atoms with Crippen LogP contribution in [0, 0.1) is 27.2 Å². The van der Waals surface area contributed by atoms with Crippen LogP contribution in [0.15, 0.2) is 24.4 Å². The largest absolute Gasteiger partial charge is 0.301 e. The molecule has 0 unspecified atom stereocenters. The molecule has 0 saturated carbocycles. The third kappa shape index (κ3) is 2.38. The van der Waals surface area contributed by atoms with Gasteiger partial charge in [-0.2, -0.15) is 5.10 Å². The molecule has 9 heteroatoms. The number of non-ortho nitro benzene ring substituents is 1. The number of nitro groups is 2. The van der Waals surface area contributed by atoms with Crippen molar-refractivity contribution >= 4 is 23.0 Å². The van der Waals surface area contributed by atoms with E-state index in [1.54, 1.807) is 6.92 Å². The maximum absolute atomic E-state index is 11.0. The number of nitro benzene ring substituents is 2. The van der Waals surface area contributed by atoms with Crippen LogP contribution in [0.3, 0.4) is 0 Å². The van der Waals surface area contributed by atoms with E-state index < -0.39 is 15.5 Å². The minimum Gasteiger partial charge on any atom is -0.258 e. The third-order valence-electron chi connectivity index (χ3n) is 2.45. The van der Waals surface area contributed by atoms with Crippen molar-refractivity contribution in [1.82, 2.24) is 9.78 Å². The van der Waals surface area contributed by atoms with E-state index in [9.17, 15) is 20.2 Å². The van der Waals surface area contributed by atoms with E-state index in [0.29, 0.717) is 10.7 Å². The van der Waals surface area contributed by atoms with Gasteiger partial charge in [0.05, 0.1) is 26.6 Å². The van der Waals surface area contributed by atoms with Crippen molar-refractivity contribution in [2.24, 2.45) is 0 Å². The molecule has 0 atom stereocenters. The van der Waals surface area contributed by atoms with E-state index in [1.165, 1.54) is 23.0 Å². The number of aryl methyl sites for hydroxylation is 1. The summed E-state index contributed by atoms with van der Waals surface area (Å²) in [6.45, 7) is 1.65. The van der Waals surface area contributed by atoms with E-state index >= 15 is 0 Å². The number of aromatic nitrogens is 2. The molecule has 0 radical (unpaired) electrons. The molecule has 1 heterocycles. The van der Waals surface area contributed by atoms with Crippen LogP contribution in [-0.2, 0) is 0 Å². The average molecular weight is 283 g/mol. The lowest BCUT2D eigenvalue weighted by Crippen LogP contribution is -2.02. The minimum absolute atomic E-state index is 0.116. The smallest absolute Gasteiger partial charge is 0.258 e. The first-order valence-electron chi connectivity index (χ1n) is 5.05. The molecule has 0 amide bonds. The van der Waals surface area contributed by atoms with Gasteiger partial charge in [0, 0.05) is 12.3 Å². The molecule has 2 aromatic rings. The van der Waals surface area contributed by atoms with Gasteiger partial charge in [-0.25, -0.2) is 4.68 Å². The SMILES string of the molecule is Cc1nn(-c2ccc([N+](=O)[O-])cc2[N+](=O)[O-])cc1Cl. The van der Waals surface area contributed by atoms with E-state index in [-0.39, 0.29) is 11.4 Å². The predicted molar refractivity (Wildman–Crippen MR) is 66.6 cm³/mol. The summed E-state index contributed by atoms with van der Waals surface area (Å²) >= 11 is 5.83. The zero-order valence-electron chi connectivity index (χ0n) is 9.61. The van der Waals surface area contributed by atoms with Crippen molar-refractivity contribution in [3.63, 3.8) is 0 Å². The van der Waals surface area contributed by atoms with Crippen LogP contribution in [0.5, 0.6) is 0 Å². The molecule has 1 aromatic carbocycles. The van der Waals surface area contributed by atoms with Gasteiger partial charge in [0.25, 0.3) is 5.69 Å². The van der Waals surface area contributed by atoms with Gasteiger partial charge in [-0.3, -0.25) is 20.2 Å². The first kappa shape index (κ1) is 13.0. The fourth-order valence-electron chi connectivity index (χ4n) is 1.53. The summed E-state index contributed by atoms with van der Waals surface area (Å²) in [7, 11) is 0. The van der Waals surface area contributed by atoms with Gasteiger partial charge >= 0.3 is 5.69 Å². The quantitative estimate of drug-likeness (QED) is 0.635. The second-order valence-electron chi connectivity index (χ2n) is 3.69. The number of benzene rings is 1. The lowest BCUT2D eigenvalue weighted by molar-refractivity contribution is -0.394. The van der Waals surface area contributed by atoms with Crippen LogP contribution in [0.2, 0.25) is 5.02 Å². The molecule has 2 rings (SSSR count).